The first-order valence-electron chi connectivity index (χ1n) is 7.76. The Bertz CT molecular complexity index is 652. The van der Waals surface area contributed by atoms with Crippen LogP contribution in [0.2, 0.25) is 0 Å². The number of nitrogens with zero attached hydrogens (tertiary/aromatic N) is 2. The molecule has 0 radical (unpaired) electrons. The van der Waals surface area contributed by atoms with E-state index < -0.39 is 0 Å². The molecule has 0 spiro atoms. The largest absolute Gasteiger partial charge is 0.488 e. The van der Waals surface area contributed by atoms with Gasteiger partial charge in [-0.15, -0.1) is 0 Å². The second kappa shape index (κ2) is 7.78. The average Bonchev–Trinajstić information content (AvgIpc) is 2.74. The van der Waals surface area contributed by atoms with E-state index in [-0.39, 0.29) is 5.91 Å². The predicted molar refractivity (Wildman–Crippen MR) is 89.9 cm³/mol. The number of hydrogen-bond donors (Lipinski definition) is 2. The first-order chi connectivity index (χ1) is 11.0. The van der Waals surface area contributed by atoms with Gasteiger partial charge in [0.05, 0.1) is 24.1 Å². The highest BCUT2D eigenvalue weighted by atomic mass is 16.5. The summed E-state index contributed by atoms with van der Waals surface area (Å²) >= 11 is 0. The van der Waals surface area contributed by atoms with Gasteiger partial charge in [0.25, 0.3) is 5.91 Å². The molecule has 0 saturated heterocycles. The summed E-state index contributed by atoms with van der Waals surface area (Å²) in [7, 11) is 3.85. The Morgan fingerprint density at radius 1 is 1.30 bits per heavy atom. The molecule has 6 nitrogen and oxygen atoms in total. The van der Waals surface area contributed by atoms with Gasteiger partial charge in [-0.25, -0.2) is 0 Å². The fourth-order valence-electron chi connectivity index (χ4n) is 2.36. The molecule has 0 bridgehead atoms. The summed E-state index contributed by atoms with van der Waals surface area (Å²) in [6, 6.07) is 9.69. The maximum Gasteiger partial charge on any atom is 0.279 e. The van der Waals surface area contributed by atoms with Crippen molar-refractivity contribution in [3.8, 4) is 5.75 Å². The van der Waals surface area contributed by atoms with Gasteiger partial charge in [0.2, 0.25) is 0 Å². The van der Waals surface area contributed by atoms with Crippen molar-refractivity contribution in [1.29, 1.82) is 0 Å². The molecule has 0 aliphatic carbocycles. The van der Waals surface area contributed by atoms with Crippen LogP contribution < -0.4 is 15.0 Å². The number of likely N-dealkylation sites (N-methyl/N-ethyl adjacent to an activating group) is 1. The van der Waals surface area contributed by atoms with Crippen LogP contribution in [0.1, 0.15) is 11.4 Å². The summed E-state index contributed by atoms with van der Waals surface area (Å²) in [5.41, 5.74) is 2.61. The molecular formula is C17H25N4O2+. The molecular weight excluding hydrogens is 292 g/mol. The molecule has 23 heavy (non-hydrogen) atoms. The first kappa shape index (κ1) is 17.0. The molecule has 0 fully saturated rings. The van der Waals surface area contributed by atoms with E-state index in [1.807, 2.05) is 58.3 Å². The number of hydrogen-bond acceptors (Lipinski definition) is 3. The van der Waals surface area contributed by atoms with E-state index in [0.717, 1.165) is 34.3 Å². The van der Waals surface area contributed by atoms with E-state index in [2.05, 4.69) is 10.4 Å². The third-order valence-corrected chi connectivity index (χ3v) is 3.78. The van der Waals surface area contributed by atoms with Crippen molar-refractivity contribution in [2.24, 2.45) is 7.05 Å². The molecule has 1 aromatic heterocycles. The van der Waals surface area contributed by atoms with Gasteiger partial charge in [-0.2, -0.15) is 5.10 Å². The molecule has 1 amide bonds. The van der Waals surface area contributed by atoms with Crippen molar-refractivity contribution < 1.29 is 14.4 Å². The van der Waals surface area contributed by atoms with E-state index >= 15 is 0 Å². The molecule has 2 N–H and O–H groups in total. The minimum Gasteiger partial charge on any atom is -0.488 e. The second-order valence-electron chi connectivity index (χ2n) is 5.76. The summed E-state index contributed by atoms with van der Waals surface area (Å²) < 4.78 is 7.43. The molecule has 6 heteroatoms. The molecule has 1 heterocycles. The topological polar surface area (TPSA) is 60.6 Å². The summed E-state index contributed by atoms with van der Waals surface area (Å²) in [4.78, 5) is 13.3. The number of ether oxygens (including phenoxy) is 1. The Morgan fingerprint density at radius 3 is 2.61 bits per heavy atom. The molecule has 0 aliphatic heterocycles. The van der Waals surface area contributed by atoms with Gasteiger partial charge in [0.15, 0.2) is 6.54 Å². The van der Waals surface area contributed by atoms with Crippen molar-refractivity contribution in [1.82, 2.24) is 9.78 Å². The van der Waals surface area contributed by atoms with Gasteiger partial charge >= 0.3 is 0 Å². The highest BCUT2D eigenvalue weighted by molar-refractivity contribution is 5.92. The number of aromatic nitrogens is 2. The molecule has 2 rings (SSSR count). The van der Waals surface area contributed by atoms with Gasteiger partial charge in [-0.1, -0.05) is 18.2 Å². The van der Waals surface area contributed by atoms with Gasteiger partial charge in [-0.05, 0) is 26.0 Å². The number of aryl methyl sites for hydroxylation is 2. The van der Waals surface area contributed by atoms with E-state index in [1.54, 1.807) is 4.68 Å². The third kappa shape index (κ3) is 4.82. The van der Waals surface area contributed by atoms with Crippen LogP contribution in [0.4, 0.5) is 5.69 Å². The van der Waals surface area contributed by atoms with Crippen LogP contribution in [-0.4, -0.2) is 42.4 Å². The van der Waals surface area contributed by atoms with Crippen molar-refractivity contribution in [3.05, 3.63) is 41.7 Å². The third-order valence-electron chi connectivity index (χ3n) is 3.78. The zero-order chi connectivity index (χ0) is 16.8. The normalized spacial score (nSPS) is 12.0. The van der Waals surface area contributed by atoms with Gasteiger partial charge in [0, 0.05) is 7.05 Å². The Balaban J connectivity index is 1.76. The lowest BCUT2D eigenvalue weighted by molar-refractivity contribution is -0.871. The van der Waals surface area contributed by atoms with E-state index in [4.69, 9.17) is 4.74 Å². The molecule has 1 unspecified atom stereocenters. The second-order valence-corrected chi connectivity index (χ2v) is 5.76. The Labute approximate surface area is 137 Å². The van der Waals surface area contributed by atoms with Crippen molar-refractivity contribution in [3.63, 3.8) is 0 Å². The number of benzene rings is 1. The SMILES string of the molecule is Cc1nn(C)c(C)c1NC(=O)C[NH+](C)CCOc1ccccc1. The molecule has 1 atom stereocenters. The lowest BCUT2D eigenvalue weighted by Crippen LogP contribution is -3.10. The fraction of sp³-hybridized carbons (Fsp3) is 0.412. The minimum atomic E-state index is -0.0126. The van der Waals surface area contributed by atoms with Crippen LogP contribution in [0.5, 0.6) is 5.75 Å². The van der Waals surface area contributed by atoms with Gasteiger partial charge < -0.3 is 15.0 Å². The lowest BCUT2D eigenvalue weighted by Gasteiger charge is -2.14. The van der Waals surface area contributed by atoms with Crippen molar-refractivity contribution in [2.45, 2.75) is 13.8 Å². The number of carbonyl (C=O) groups excluding carboxylic acids is 1. The maximum absolute atomic E-state index is 12.2. The van der Waals surface area contributed by atoms with Crippen LogP contribution in [0.25, 0.3) is 0 Å². The Morgan fingerprint density at radius 2 is 2.00 bits per heavy atom. The van der Waals surface area contributed by atoms with Crippen molar-refractivity contribution >= 4 is 11.6 Å². The Hall–Kier alpha value is -2.34. The van der Waals surface area contributed by atoms with Crippen molar-refractivity contribution in [2.75, 3.05) is 32.1 Å². The quantitative estimate of drug-likeness (QED) is 0.785. The summed E-state index contributed by atoms with van der Waals surface area (Å²) in [5, 5.41) is 7.26. The molecule has 0 saturated carbocycles. The van der Waals surface area contributed by atoms with Gasteiger partial charge in [-0.3, -0.25) is 9.48 Å². The zero-order valence-electron chi connectivity index (χ0n) is 14.2. The fourth-order valence-corrected chi connectivity index (χ4v) is 2.36. The molecule has 0 aliphatic rings. The van der Waals surface area contributed by atoms with E-state index in [0.29, 0.717) is 13.2 Å². The Kier molecular flexibility index (Phi) is 5.76. The highest BCUT2D eigenvalue weighted by Gasteiger charge is 2.15. The number of nitrogens with one attached hydrogen (secondary N) is 2. The highest BCUT2D eigenvalue weighted by Crippen LogP contribution is 2.17. The smallest absolute Gasteiger partial charge is 0.279 e. The number of rotatable bonds is 7. The van der Waals surface area contributed by atoms with Crippen LogP contribution in [-0.2, 0) is 11.8 Å². The predicted octanol–water partition coefficient (Wildman–Crippen LogP) is 0.569. The first-order valence-corrected chi connectivity index (χ1v) is 7.76. The monoisotopic (exact) mass is 317 g/mol. The van der Waals surface area contributed by atoms with Crippen LogP contribution in [0, 0.1) is 13.8 Å². The zero-order valence-corrected chi connectivity index (χ0v) is 14.2. The number of anilines is 1. The number of para-hydroxylation sites is 1. The summed E-state index contributed by atoms with van der Waals surface area (Å²) in [6.07, 6.45) is 0. The lowest BCUT2D eigenvalue weighted by atomic mass is 10.3. The molecule has 2 aromatic rings. The van der Waals surface area contributed by atoms with Crippen LogP contribution >= 0.6 is 0 Å². The average molecular weight is 317 g/mol. The van der Waals surface area contributed by atoms with Gasteiger partial charge in [0.1, 0.15) is 18.9 Å². The molecule has 1 aromatic carbocycles. The number of carbonyl (C=O) groups is 1. The maximum atomic E-state index is 12.2. The number of amides is 1. The van der Waals surface area contributed by atoms with Crippen LogP contribution in [0.3, 0.4) is 0 Å². The minimum absolute atomic E-state index is 0.0126. The number of quaternary nitrogens is 1. The standard InChI is InChI=1S/C17H24N4O2/c1-13-17(14(2)21(4)19-13)18-16(22)12-20(3)10-11-23-15-8-6-5-7-9-15/h5-9H,10-12H2,1-4H3,(H,18,22)/p+1. The van der Waals surface area contributed by atoms with E-state index in [1.165, 1.54) is 0 Å². The molecule has 124 valence electrons. The summed E-state index contributed by atoms with van der Waals surface area (Å²) in [6.45, 7) is 5.57. The summed E-state index contributed by atoms with van der Waals surface area (Å²) in [5.74, 6) is 0.841. The van der Waals surface area contributed by atoms with E-state index in [9.17, 15) is 4.79 Å². The van der Waals surface area contributed by atoms with Crippen LogP contribution in [0.15, 0.2) is 30.3 Å².